The Bertz CT molecular complexity index is 432. The second-order valence-corrected chi connectivity index (χ2v) is 4.50. The molecule has 0 aliphatic carbocycles. The van der Waals surface area contributed by atoms with Gasteiger partial charge in [0.1, 0.15) is 15.9 Å². The van der Waals surface area contributed by atoms with Crippen molar-refractivity contribution in [1.82, 2.24) is 0 Å². The molecule has 1 aromatic rings. The summed E-state index contributed by atoms with van der Waals surface area (Å²) in [6.07, 6.45) is 0.699. The normalized spacial score (nSPS) is 10.7. The molecule has 1 aromatic carbocycles. The van der Waals surface area contributed by atoms with E-state index < -0.39 is 10.1 Å². The summed E-state index contributed by atoms with van der Waals surface area (Å²) < 4.78 is 42.3. The van der Waals surface area contributed by atoms with Gasteiger partial charge in [-0.25, -0.2) is 8.42 Å². The first kappa shape index (κ1) is 16.9. The monoisotopic (exact) mass is 268 g/mol. The maximum atomic E-state index is 10.7. The molecule has 5 nitrogen and oxygen atoms in total. The maximum Gasteiger partial charge on any atom is 1.00 e. The Morgan fingerprint density at radius 2 is 2.00 bits per heavy atom. The summed E-state index contributed by atoms with van der Waals surface area (Å²) in [5.74, 6) is 0.369. The van der Waals surface area contributed by atoms with Crippen LogP contribution in [-0.4, -0.2) is 33.3 Å². The molecule has 0 fully saturated rings. The molecule has 7 heteroatoms. The number of hydrogen-bond donors (Lipinski definition) is 0. The third kappa shape index (κ3) is 6.40. The van der Waals surface area contributed by atoms with Crippen LogP contribution in [0, 0.1) is 0 Å². The van der Waals surface area contributed by atoms with Gasteiger partial charge in [0.25, 0.3) is 0 Å². The molecule has 0 spiro atoms. The van der Waals surface area contributed by atoms with Crippen molar-refractivity contribution in [1.29, 1.82) is 0 Å². The Labute approximate surface area is 123 Å². The van der Waals surface area contributed by atoms with E-state index in [0.717, 1.165) is 0 Å². The molecule has 0 radical (unpaired) electrons. The zero-order valence-electron chi connectivity index (χ0n) is 9.88. The number of ether oxygens (including phenoxy) is 2. The number of hydrogen-bond acceptors (Lipinski definition) is 5. The summed E-state index contributed by atoms with van der Waals surface area (Å²) in [6, 6.07) is 5.53. The molecule has 0 amide bonds. The summed E-state index contributed by atoms with van der Waals surface area (Å²) in [4.78, 5) is -0.281. The van der Waals surface area contributed by atoms with E-state index in [1.165, 1.54) is 18.2 Å². The summed E-state index contributed by atoms with van der Waals surface area (Å²) in [5, 5.41) is 0. The minimum absolute atomic E-state index is 0. The van der Waals surface area contributed by atoms with E-state index in [-0.39, 0.29) is 34.5 Å². The van der Waals surface area contributed by atoms with Crippen LogP contribution in [-0.2, 0) is 14.9 Å². The third-order valence-electron chi connectivity index (χ3n) is 1.86. The zero-order valence-corrected chi connectivity index (χ0v) is 12.7. The first-order valence-electron chi connectivity index (χ1n) is 4.72. The molecule has 0 saturated heterocycles. The largest absolute Gasteiger partial charge is 1.00 e. The molecule has 0 heterocycles. The summed E-state index contributed by atoms with van der Waals surface area (Å²) in [6.45, 7) is 0.982. The van der Waals surface area contributed by atoms with Gasteiger partial charge in [-0.3, -0.25) is 0 Å². The van der Waals surface area contributed by atoms with E-state index in [0.29, 0.717) is 25.4 Å². The fraction of sp³-hybridized carbons (Fsp3) is 0.400. The van der Waals surface area contributed by atoms with Crippen LogP contribution in [0.5, 0.6) is 5.75 Å². The van der Waals surface area contributed by atoms with Gasteiger partial charge in [-0.1, -0.05) is 6.07 Å². The number of benzene rings is 1. The average molecular weight is 268 g/mol. The molecule has 0 aliphatic rings. The average Bonchev–Trinajstić information content (AvgIpc) is 2.24. The van der Waals surface area contributed by atoms with Gasteiger partial charge < -0.3 is 14.0 Å². The van der Waals surface area contributed by atoms with Gasteiger partial charge in [-0.2, -0.15) is 0 Å². The van der Waals surface area contributed by atoms with E-state index in [9.17, 15) is 13.0 Å². The van der Waals surface area contributed by atoms with Crippen LogP contribution in [0.1, 0.15) is 6.42 Å². The van der Waals surface area contributed by atoms with Crippen molar-refractivity contribution in [3.05, 3.63) is 24.3 Å². The standard InChI is InChI=1S/C10H14O5S.Na/c1-14-6-3-7-15-9-4-2-5-10(8-9)16(11,12)13;/h2,4-5,8H,3,6-7H2,1H3,(H,11,12,13);/q;+1/p-1. The quantitative estimate of drug-likeness (QED) is 0.339. The van der Waals surface area contributed by atoms with Crippen molar-refractivity contribution in [3.8, 4) is 5.75 Å². The van der Waals surface area contributed by atoms with Crippen LogP contribution in [0.15, 0.2) is 29.2 Å². The zero-order chi connectivity index (χ0) is 12.0. The number of rotatable bonds is 6. The predicted molar refractivity (Wildman–Crippen MR) is 56.4 cm³/mol. The molecule has 0 aromatic heterocycles. The molecule has 0 N–H and O–H groups in total. The Morgan fingerprint density at radius 3 is 2.59 bits per heavy atom. The van der Waals surface area contributed by atoms with Crippen molar-refractivity contribution < 1.29 is 52.0 Å². The Balaban J connectivity index is 0.00000256. The van der Waals surface area contributed by atoms with E-state index in [1.807, 2.05) is 0 Å². The van der Waals surface area contributed by atoms with E-state index in [4.69, 9.17) is 9.47 Å². The van der Waals surface area contributed by atoms with Crippen molar-refractivity contribution in [2.24, 2.45) is 0 Å². The second-order valence-electron chi connectivity index (χ2n) is 3.12. The van der Waals surface area contributed by atoms with E-state index in [2.05, 4.69) is 0 Å². The Morgan fingerprint density at radius 1 is 1.29 bits per heavy atom. The van der Waals surface area contributed by atoms with Crippen molar-refractivity contribution in [2.75, 3.05) is 20.3 Å². The molecule has 0 atom stereocenters. The summed E-state index contributed by atoms with van der Waals surface area (Å²) in [7, 11) is -2.83. The van der Waals surface area contributed by atoms with Crippen LogP contribution in [0.3, 0.4) is 0 Å². The smallest absolute Gasteiger partial charge is 0.744 e. The molecule has 0 saturated carbocycles. The van der Waals surface area contributed by atoms with Crippen LogP contribution in [0.4, 0.5) is 0 Å². The summed E-state index contributed by atoms with van der Waals surface area (Å²) >= 11 is 0. The molecular formula is C10H13NaO5S. The van der Waals surface area contributed by atoms with Gasteiger partial charge >= 0.3 is 29.6 Å². The third-order valence-corrected chi connectivity index (χ3v) is 2.69. The fourth-order valence-electron chi connectivity index (χ4n) is 1.11. The van der Waals surface area contributed by atoms with E-state index >= 15 is 0 Å². The topological polar surface area (TPSA) is 75.7 Å². The van der Waals surface area contributed by atoms with Crippen molar-refractivity contribution in [3.63, 3.8) is 0 Å². The first-order valence-corrected chi connectivity index (χ1v) is 6.12. The van der Waals surface area contributed by atoms with Crippen LogP contribution >= 0.6 is 0 Å². The fourth-order valence-corrected chi connectivity index (χ4v) is 1.62. The molecule has 1 rings (SSSR count). The van der Waals surface area contributed by atoms with Gasteiger partial charge in [0.2, 0.25) is 0 Å². The minimum atomic E-state index is -4.42. The van der Waals surface area contributed by atoms with E-state index in [1.54, 1.807) is 13.2 Å². The Hall–Kier alpha value is -0.110. The van der Waals surface area contributed by atoms with Gasteiger partial charge in [-0.15, -0.1) is 0 Å². The van der Waals surface area contributed by atoms with Gasteiger partial charge in [0.05, 0.1) is 11.5 Å². The van der Waals surface area contributed by atoms with Crippen LogP contribution in [0.25, 0.3) is 0 Å². The summed E-state index contributed by atoms with van der Waals surface area (Å²) in [5.41, 5.74) is 0. The maximum absolute atomic E-state index is 10.7. The molecule has 0 bridgehead atoms. The molecular weight excluding hydrogens is 255 g/mol. The second kappa shape index (κ2) is 8.07. The molecule has 17 heavy (non-hydrogen) atoms. The van der Waals surface area contributed by atoms with Crippen LogP contribution in [0.2, 0.25) is 0 Å². The molecule has 90 valence electrons. The van der Waals surface area contributed by atoms with Gasteiger partial charge in [0, 0.05) is 20.1 Å². The Kier molecular flexibility index (Phi) is 8.02. The molecule has 0 unspecified atom stereocenters. The van der Waals surface area contributed by atoms with Crippen molar-refractivity contribution >= 4 is 10.1 Å². The van der Waals surface area contributed by atoms with Gasteiger partial charge in [-0.05, 0) is 18.2 Å². The predicted octanol–water partition coefficient (Wildman–Crippen LogP) is -1.99. The first-order chi connectivity index (χ1) is 7.54. The van der Waals surface area contributed by atoms with Gasteiger partial charge in [0.15, 0.2) is 0 Å². The SMILES string of the molecule is COCCCOc1cccc(S(=O)(=O)[O-])c1.[Na+]. The minimum Gasteiger partial charge on any atom is -0.744 e. The number of methoxy groups -OCH3 is 1. The van der Waals surface area contributed by atoms with Crippen molar-refractivity contribution in [2.45, 2.75) is 11.3 Å². The van der Waals surface area contributed by atoms with Crippen LogP contribution < -0.4 is 34.3 Å². The molecule has 0 aliphatic heterocycles.